The fraction of sp³-hybridized carbons (Fsp3) is 0.500. The Morgan fingerprint density at radius 2 is 2.19 bits per heavy atom. The van der Waals surface area contributed by atoms with Crippen molar-refractivity contribution in [2.75, 3.05) is 6.54 Å². The van der Waals surface area contributed by atoms with Crippen LogP contribution in [-0.2, 0) is 6.42 Å². The maximum absolute atomic E-state index is 12.4. The Morgan fingerprint density at radius 3 is 2.69 bits per heavy atom. The van der Waals surface area contributed by atoms with Crippen molar-refractivity contribution in [3.63, 3.8) is 0 Å². The Hall–Kier alpha value is -1.15. The van der Waals surface area contributed by atoms with Crippen molar-refractivity contribution in [1.29, 1.82) is 0 Å². The average Bonchev–Trinajstić information content (AvgIpc) is 2.28. The van der Waals surface area contributed by atoms with Crippen LogP contribution in [0.3, 0.4) is 0 Å². The molecule has 0 heterocycles. The first kappa shape index (κ1) is 11.3. The van der Waals surface area contributed by atoms with E-state index in [9.17, 15) is 4.79 Å². The van der Waals surface area contributed by atoms with Gasteiger partial charge in [0, 0.05) is 17.5 Å². The number of benzene rings is 1. The summed E-state index contributed by atoms with van der Waals surface area (Å²) in [6.45, 7) is 2.59. The van der Waals surface area contributed by atoms with Crippen LogP contribution in [0.4, 0.5) is 0 Å². The quantitative estimate of drug-likeness (QED) is 0.788. The van der Waals surface area contributed by atoms with Crippen LogP contribution in [0.1, 0.15) is 42.1 Å². The molecule has 16 heavy (non-hydrogen) atoms. The Kier molecular flexibility index (Phi) is 3.10. The minimum atomic E-state index is -0.244. The number of rotatable bonds is 4. The predicted molar refractivity (Wildman–Crippen MR) is 65.5 cm³/mol. The van der Waals surface area contributed by atoms with Gasteiger partial charge < -0.3 is 5.73 Å². The van der Waals surface area contributed by atoms with Crippen LogP contribution in [0.15, 0.2) is 24.3 Å². The molecule has 1 saturated carbocycles. The van der Waals surface area contributed by atoms with Crippen molar-refractivity contribution in [2.45, 2.75) is 32.6 Å². The highest BCUT2D eigenvalue weighted by Gasteiger charge is 2.42. The molecule has 0 bridgehead atoms. The van der Waals surface area contributed by atoms with E-state index < -0.39 is 0 Å². The van der Waals surface area contributed by atoms with Gasteiger partial charge in [0.05, 0.1) is 0 Å². The Bertz CT molecular complexity index is 388. The third-order valence-electron chi connectivity index (χ3n) is 3.78. The van der Waals surface area contributed by atoms with Crippen LogP contribution in [-0.4, -0.2) is 12.3 Å². The van der Waals surface area contributed by atoms with Gasteiger partial charge in [-0.1, -0.05) is 31.5 Å². The summed E-state index contributed by atoms with van der Waals surface area (Å²) in [7, 11) is 0. The van der Waals surface area contributed by atoms with Gasteiger partial charge in [-0.3, -0.25) is 4.79 Å². The molecule has 1 aliphatic rings. The van der Waals surface area contributed by atoms with E-state index in [-0.39, 0.29) is 11.2 Å². The third-order valence-corrected chi connectivity index (χ3v) is 3.78. The maximum atomic E-state index is 12.4. The van der Waals surface area contributed by atoms with E-state index >= 15 is 0 Å². The number of hydrogen-bond acceptors (Lipinski definition) is 2. The van der Waals surface area contributed by atoms with Crippen LogP contribution in [0.2, 0.25) is 0 Å². The smallest absolute Gasteiger partial charge is 0.170 e. The van der Waals surface area contributed by atoms with E-state index in [1.165, 1.54) is 5.56 Å². The molecule has 0 aromatic heterocycles. The number of hydrogen-bond donors (Lipinski definition) is 1. The summed E-state index contributed by atoms with van der Waals surface area (Å²) in [6.07, 6.45) is 4.02. The number of aryl methyl sites for hydroxylation is 1. The minimum absolute atomic E-state index is 0.244. The zero-order chi connectivity index (χ0) is 11.6. The monoisotopic (exact) mass is 217 g/mol. The summed E-state index contributed by atoms with van der Waals surface area (Å²) in [5, 5.41) is 0. The molecule has 2 N–H and O–H groups in total. The molecule has 86 valence electrons. The summed E-state index contributed by atoms with van der Waals surface area (Å²) in [4.78, 5) is 12.4. The molecule has 0 atom stereocenters. The molecule has 1 aromatic carbocycles. The minimum Gasteiger partial charge on any atom is -0.329 e. The van der Waals surface area contributed by atoms with Crippen molar-refractivity contribution < 1.29 is 4.79 Å². The number of nitrogens with two attached hydrogens (primary N) is 1. The summed E-state index contributed by atoms with van der Waals surface area (Å²) in [6, 6.07) is 7.96. The van der Waals surface area contributed by atoms with Crippen molar-refractivity contribution in [1.82, 2.24) is 0 Å². The lowest BCUT2D eigenvalue weighted by atomic mass is 9.64. The van der Waals surface area contributed by atoms with Crippen LogP contribution in [0.5, 0.6) is 0 Å². The van der Waals surface area contributed by atoms with Crippen molar-refractivity contribution >= 4 is 5.78 Å². The van der Waals surface area contributed by atoms with Gasteiger partial charge in [-0.05, 0) is 30.9 Å². The molecule has 1 fully saturated rings. The molecule has 2 rings (SSSR count). The van der Waals surface area contributed by atoms with Gasteiger partial charge in [0.15, 0.2) is 5.78 Å². The lowest BCUT2D eigenvalue weighted by molar-refractivity contribution is 0.0636. The Morgan fingerprint density at radius 1 is 1.44 bits per heavy atom. The van der Waals surface area contributed by atoms with E-state index in [4.69, 9.17) is 5.73 Å². The van der Waals surface area contributed by atoms with Crippen LogP contribution in [0.25, 0.3) is 0 Å². The topological polar surface area (TPSA) is 43.1 Å². The van der Waals surface area contributed by atoms with Crippen molar-refractivity contribution in [3.05, 3.63) is 35.4 Å². The Labute approximate surface area is 96.8 Å². The molecule has 0 spiro atoms. The largest absolute Gasteiger partial charge is 0.329 e. The van der Waals surface area contributed by atoms with Gasteiger partial charge in [-0.25, -0.2) is 0 Å². The maximum Gasteiger partial charge on any atom is 0.170 e. The number of carbonyl (C=O) groups is 1. The Balaban J connectivity index is 2.26. The fourth-order valence-corrected chi connectivity index (χ4v) is 2.37. The lowest BCUT2D eigenvalue weighted by Gasteiger charge is -2.39. The predicted octanol–water partition coefficient (Wildman–Crippen LogP) is 2.56. The molecular formula is C14H19NO. The van der Waals surface area contributed by atoms with Gasteiger partial charge in [-0.15, -0.1) is 0 Å². The van der Waals surface area contributed by atoms with Crippen LogP contribution in [0, 0.1) is 5.41 Å². The van der Waals surface area contributed by atoms with E-state index in [0.29, 0.717) is 6.54 Å². The van der Waals surface area contributed by atoms with Crippen LogP contribution >= 0.6 is 0 Å². The SMILES string of the molecule is CCc1cccc(C(=O)C2(CN)CCC2)c1. The highest BCUT2D eigenvalue weighted by atomic mass is 16.1. The summed E-state index contributed by atoms with van der Waals surface area (Å²) < 4.78 is 0. The van der Waals surface area contributed by atoms with Gasteiger partial charge in [0.1, 0.15) is 0 Å². The third kappa shape index (κ3) is 1.78. The van der Waals surface area contributed by atoms with E-state index in [1.807, 2.05) is 18.2 Å². The second-order valence-corrected chi connectivity index (χ2v) is 4.72. The molecule has 0 saturated heterocycles. The molecule has 0 unspecified atom stereocenters. The van der Waals surface area contributed by atoms with Crippen LogP contribution < -0.4 is 5.73 Å². The highest BCUT2D eigenvalue weighted by Crippen LogP contribution is 2.42. The zero-order valence-corrected chi connectivity index (χ0v) is 9.83. The highest BCUT2D eigenvalue weighted by molar-refractivity contribution is 6.01. The molecule has 0 amide bonds. The second kappa shape index (κ2) is 4.38. The molecular weight excluding hydrogens is 198 g/mol. The standard InChI is InChI=1S/C14H19NO/c1-2-11-5-3-6-12(9-11)13(16)14(10-15)7-4-8-14/h3,5-6,9H,2,4,7-8,10,15H2,1H3. The van der Waals surface area contributed by atoms with E-state index in [1.54, 1.807) is 0 Å². The van der Waals surface area contributed by atoms with Gasteiger partial charge in [0.2, 0.25) is 0 Å². The molecule has 1 aromatic rings. The molecule has 1 aliphatic carbocycles. The van der Waals surface area contributed by atoms with E-state index in [0.717, 1.165) is 31.2 Å². The second-order valence-electron chi connectivity index (χ2n) is 4.72. The average molecular weight is 217 g/mol. The fourth-order valence-electron chi connectivity index (χ4n) is 2.37. The molecule has 0 radical (unpaired) electrons. The van der Waals surface area contributed by atoms with Gasteiger partial charge in [-0.2, -0.15) is 0 Å². The van der Waals surface area contributed by atoms with Gasteiger partial charge >= 0.3 is 0 Å². The number of carbonyl (C=O) groups excluding carboxylic acids is 1. The first-order valence-electron chi connectivity index (χ1n) is 6.06. The molecule has 2 nitrogen and oxygen atoms in total. The molecule has 2 heteroatoms. The van der Waals surface area contributed by atoms with Gasteiger partial charge in [0.25, 0.3) is 0 Å². The normalized spacial score (nSPS) is 17.9. The first-order valence-corrected chi connectivity index (χ1v) is 6.06. The van der Waals surface area contributed by atoms with E-state index in [2.05, 4.69) is 13.0 Å². The summed E-state index contributed by atoms with van der Waals surface area (Å²) >= 11 is 0. The first-order chi connectivity index (χ1) is 7.72. The number of Topliss-reactive ketones (excluding diaryl/α,β-unsaturated/α-hetero) is 1. The summed E-state index contributed by atoms with van der Waals surface area (Å²) in [5.74, 6) is 0.247. The zero-order valence-electron chi connectivity index (χ0n) is 9.83. The van der Waals surface area contributed by atoms with Crippen molar-refractivity contribution in [2.24, 2.45) is 11.1 Å². The molecule has 0 aliphatic heterocycles. The number of ketones is 1. The van der Waals surface area contributed by atoms with Crippen molar-refractivity contribution in [3.8, 4) is 0 Å². The summed E-state index contributed by atoms with van der Waals surface area (Å²) in [5.41, 5.74) is 7.57. The lowest BCUT2D eigenvalue weighted by Crippen LogP contribution is -2.44.